The smallest absolute Gasteiger partial charge is 0.117 e. The summed E-state index contributed by atoms with van der Waals surface area (Å²) < 4.78 is 5.44. The van der Waals surface area contributed by atoms with E-state index in [0.29, 0.717) is 11.8 Å². The molecule has 0 aromatic carbocycles. The van der Waals surface area contributed by atoms with Gasteiger partial charge in [-0.15, -0.1) is 0 Å². The third-order valence-electron chi connectivity index (χ3n) is 1.48. The number of nitrogens with two attached hydrogens (primary N) is 1. The fourth-order valence-corrected chi connectivity index (χ4v) is 1.51. The van der Waals surface area contributed by atoms with Crippen LogP contribution in [-0.2, 0) is 12.3 Å². The van der Waals surface area contributed by atoms with Crippen LogP contribution in [0.1, 0.15) is 25.4 Å². The lowest BCUT2D eigenvalue weighted by atomic mass is 10.4. The zero-order valence-corrected chi connectivity index (χ0v) is 8.36. The molecule has 0 aliphatic rings. The summed E-state index contributed by atoms with van der Waals surface area (Å²) in [5.41, 5.74) is 5.42. The Labute approximate surface area is 77.5 Å². The Bertz CT molecular complexity index is 232. The van der Waals surface area contributed by atoms with Gasteiger partial charge in [-0.05, 0) is 17.4 Å². The summed E-state index contributed by atoms with van der Waals surface area (Å²) in [5.74, 6) is 2.83. The standard InChI is InChI=1S/C9H15NOS/c1-7(2)12-6-9-4-3-8(5-10)11-9/h3-4,7H,5-6,10H2,1-2H3. The van der Waals surface area contributed by atoms with Gasteiger partial charge in [0.1, 0.15) is 11.5 Å². The lowest BCUT2D eigenvalue weighted by Crippen LogP contribution is -1.93. The van der Waals surface area contributed by atoms with Crippen LogP contribution in [0.3, 0.4) is 0 Å². The van der Waals surface area contributed by atoms with Gasteiger partial charge in [0.15, 0.2) is 0 Å². The van der Waals surface area contributed by atoms with E-state index in [9.17, 15) is 0 Å². The van der Waals surface area contributed by atoms with Crippen molar-refractivity contribution in [2.45, 2.75) is 31.4 Å². The van der Waals surface area contributed by atoms with Gasteiger partial charge < -0.3 is 10.2 Å². The van der Waals surface area contributed by atoms with Crippen molar-refractivity contribution in [3.63, 3.8) is 0 Å². The molecule has 0 unspecified atom stereocenters. The summed E-state index contributed by atoms with van der Waals surface area (Å²) in [6, 6.07) is 3.94. The zero-order chi connectivity index (χ0) is 8.97. The Morgan fingerprint density at radius 2 is 2.08 bits per heavy atom. The van der Waals surface area contributed by atoms with Gasteiger partial charge in [0.2, 0.25) is 0 Å². The Balaban J connectivity index is 2.41. The summed E-state index contributed by atoms with van der Waals surface area (Å²) in [7, 11) is 0. The predicted octanol–water partition coefficient (Wildman–Crippen LogP) is 2.38. The quantitative estimate of drug-likeness (QED) is 0.782. The molecule has 2 N–H and O–H groups in total. The van der Waals surface area contributed by atoms with Gasteiger partial charge in [-0.2, -0.15) is 11.8 Å². The topological polar surface area (TPSA) is 39.2 Å². The lowest BCUT2D eigenvalue weighted by Gasteiger charge is -2.00. The summed E-state index contributed by atoms with van der Waals surface area (Å²) in [5, 5.41) is 0.649. The van der Waals surface area contributed by atoms with E-state index in [-0.39, 0.29) is 0 Å². The molecule has 0 radical (unpaired) electrons. The van der Waals surface area contributed by atoms with Crippen LogP contribution in [0.15, 0.2) is 16.5 Å². The van der Waals surface area contributed by atoms with Crippen molar-refractivity contribution in [2.24, 2.45) is 5.73 Å². The molecular weight excluding hydrogens is 170 g/mol. The summed E-state index contributed by atoms with van der Waals surface area (Å²) in [6.07, 6.45) is 0. The Hall–Kier alpha value is -0.410. The van der Waals surface area contributed by atoms with Crippen LogP contribution in [0.5, 0.6) is 0 Å². The third kappa shape index (κ3) is 2.91. The Kier molecular flexibility index (Phi) is 3.69. The largest absolute Gasteiger partial charge is 0.464 e. The Morgan fingerprint density at radius 3 is 2.58 bits per heavy atom. The second-order valence-electron chi connectivity index (χ2n) is 2.93. The third-order valence-corrected chi connectivity index (χ3v) is 2.60. The van der Waals surface area contributed by atoms with Crippen LogP contribution in [-0.4, -0.2) is 5.25 Å². The van der Waals surface area contributed by atoms with Gasteiger partial charge in [-0.25, -0.2) is 0 Å². The molecule has 1 aromatic rings. The maximum atomic E-state index is 5.44. The number of furan rings is 1. The van der Waals surface area contributed by atoms with E-state index in [0.717, 1.165) is 17.3 Å². The first-order valence-electron chi connectivity index (χ1n) is 4.11. The van der Waals surface area contributed by atoms with Gasteiger partial charge in [-0.3, -0.25) is 0 Å². The molecule has 0 atom stereocenters. The molecule has 0 spiro atoms. The monoisotopic (exact) mass is 185 g/mol. The fourth-order valence-electron chi connectivity index (χ4n) is 0.858. The van der Waals surface area contributed by atoms with Crippen LogP contribution < -0.4 is 5.73 Å². The van der Waals surface area contributed by atoms with E-state index in [2.05, 4.69) is 13.8 Å². The van der Waals surface area contributed by atoms with Gasteiger partial charge in [0.05, 0.1) is 12.3 Å². The number of rotatable bonds is 4. The molecule has 0 bridgehead atoms. The van der Waals surface area contributed by atoms with Gasteiger partial charge in [0, 0.05) is 0 Å². The molecule has 0 amide bonds. The van der Waals surface area contributed by atoms with Crippen molar-refractivity contribution >= 4 is 11.8 Å². The van der Waals surface area contributed by atoms with Crippen molar-refractivity contribution in [2.75, 3.05) is 0 Å². The van der Waals surface area contributed by atoms with Gasteiger partial charge >= 0.3 is 0 Å². The highest BCUT2D eigenvalue weighted by Crippen LogP contribution is 2.18. The van der Waals surface area contributed by atoms with E-state index < -0.39 is 0 Å². The maximum absolute atomic E-state index is 5.44. The van der Waals surface area contributed by atoms with Crippen molar-refractivity contribution in [3.8, 4) is 0 Å². The van der Waals surface area contributed by atoms with E-state index in [1.165, 1.54) is 0 Å². The summed E-state index contributed by atoms with van der Waals surface area (Å²) in [4.78, 5) is 0. The van der Waals surface area contributed by atoms with Crippen LogP contribution in [0.2, 0.25) is 0 Å². The molecule has 0 aliphatic carbocycles. The van der Waals surface area contributed by atoms with E-state index in [4.69, 9.17) is 10.2 Å². The van der Waals surface area contributed by atoms with Crippen molar-refractivity contribution in [1.29, 1.82) is 0 Å². The molecule has 1 rings (SSSR count). The minimum Gasteiger partial charge on any atom is -0.464 e. The van der Waals surface area contributed by atoms with E-state index in [1.807, 2.05) is 23.9 Å². The van der Waals surface area contributed by atoms with Crippen molar-refractivity contribution in [3.05, 3.63) is 23.7 Å². The van der Waals surface area contributed by atoms with Gasteiger partial charge in [-0.1, -0.05) is 13.8 Å². The molecule has 68 valence electrons. The molecule has 1 aromatic heterocycles. The molecule has 3 heteroatoms. The average Bonchev–Trinajstić information content (AvgIpc) is 2.48. The first-order chi connectivity index (χ1) is 5.72. The molecule has 0 saturated heterocycles. The first-order valence-corrected chi connectivity index (χ1v) is 5.16. The lowest BCUT2D eigenvalue weighted by molar-refractivity contribution is 0.482. The SMILES string of the molecule is CC(C)SCc1ccc(CN)o1. The number of hydrogen-bond donors (Lipinski definition) is 1. The number of thioether (sulfide) groups is 1. The van der Waals surface area contributed by atoms with Crippen LogP contribution >= 0.6 is 11.8 Å². The fraction of sp³-hybridized carbons (Fsp3) is 0.556. The molecule has 0 fully saturated rings. The second-order valence-corrected chi connectivity index (χ2v) is 4.50. The minimum atomic E-state index is 0.492. The molecule has 0 aliphatic heterocycles. The Morgan fingerprint density at radius 1 is 1.42 bits per heavy atom. The molecular formula is C9H15NOS. The predicted molar refractivity (Wildman–Crippen MR) is 53.0 cm³/mol. The van der Waals surface area contributed by atoms with Crippen molar-refractivity contribution < 1.29 is 4.42 Å². The molecule has 12 heavy (non-hydrogen) atoms. The van der Waals surface area contributed by atoms with Crippen LogP contribution in [0.25, 0.3) is 0 Å². The number of hydrogen-bond acceptors (Lipinski definition) is 3. The first kappa shape index (κ1) is 9.68. The average molecular weight is 185 g/mol. The second kappa shape index (κ2) is 4.58. The van der Waals surface area contributed by atoms with E-state index >= 15 is 0 Å². The van der Waals surface area contributed by atoms with Crippen LogP contribution in [0, 0.1) is 0 Å². The maximum Gasteiger partial charge on any atom is 0.117 e. The molecule has 2 nitrogen and oxygen atoms in total. The highest BCUT2D eigenvalue weighted by Gasteiger charge is 2.01. The highest BCUT2D eigenvalue weighted by molar-refractivity contribution is 7.99. The highest BCUT2D eigenvalue weighted by atomic mass is 32.2. The van der Waals surface area contributed by atoms with Crippen LogP contribution in [0.4, 0.5) is 0 Å². The van der Waals surface area contributed by atoms with Crippen molar-refractivity contribution in [1.82, 2.24) is 0 Å². The normalized spacial score (nSPS) is 11.0. The summed E-state index contributed by atoms with van der Waals surface area (Å²) >= 11 is 1.87. The molecule has 0 saturated carbocycles. The van der Waals surface area contributed by atoms with Gasteiger partial charge in [0.25, 0.3) is 0 Å². The summed E-state index contributed by atoms with van der Waals surface area (Å²) in [6.45, 7) is 4.85. The zero-order valence-electron chi connectivity index (χ0n) is 7.54. The molecule has 1 heterocycles. The minimum absolute atomic E-state index is 0.492. The van der Waals surface area contributed by atoms with E-state index in [1.54, 1.807) is 0 Å².